The maximum atomic E-state index is 12.8. The highest BCUT2D eigenvalue weighted by molar-refractivity contribution is 7.90. The van der Waals surface area contributed by atoms with Crippen LogP contribution >= 0.6 is 11.3 Å². The lowest BCUT2D eigenvalue weighted by Gasteiger charge is -2.10. The topological polar surface area (TPSA) is 135 Å². The average molecular weight is 437 g/mol. The molecule has 0 unspecified atom stereocenters. The monoisotopic (exact) mass is 437 g/mol. The molecule has 0 radical (unpaired) electrons. The van der Waals surface area contributed by atoms with Crippen LogP contribution in [0.5, 0.6) is 0 Å². The van der Waals surface area contributed by atoms with Crippen LogP contribution in [0.1, 0.15) is 40.9 Å². The number of anilines is 1. The molecular formula is C18H19N3O6S2. The first-order valence-electron chi connectivity index (χ1n) is 8.79. The molecule has 1 heterocycles. The van der Waals surface area contributed by atoms with Gasteiger partial charge < -0.3 is 9.94 Å². The number of carboxylic acid groups (broad SMARTS) is 1. The van der Waals surface area contributed by atoms with Crippen LogP contribution in [-0.2, 0) is 19.5 Å². The molecule has 1 aliphatic carbocycles. The predicted molar refractivity (Wildman–Crippen MR) is 107 cm³/mol. The summed E-state index contributed by atoms with van der Waals surface area (Å²) >= 11 is 0.813. The Morgan fingerprint density at radius 1 is 1.24 bits per heavy atom. The second-order valence-electron chi connectivity index (χ2n) is 6.54. The fraction of sp³-hybridized carbons (Fsp3) is 0.333. The lowest BCUT2D eigenvalue weighted by molar-refractivity contribution is -0.110. The number of benzene rings is 1. The molecule has 154 valence electrons. The molecule has 2 N–H and O–H groups in total. The Bertz CT molecular complexity index is 1040. The number of carboxylic acids is 1. The van der Waals surface area contributed by atoms with Crippen LogP contribution in [0, 0.1) is 0 Å². The van der Waals surface area contributed by atoms with Crippen LogP contribution in [0.4, 0.5) is 5.13 Å². The molecule has 0 bridgehead atoms. The van der Waals surface area contributed by atoms with Gasteiger partial charge >= 0.3 is 5.97 Å². The fourth-order valence-electron chi connectivity index (χ4n) is 2.79. The third-order valence-electron chi connectivity index (χ3n) is 4.30. The van der Waals surface area contributed by atoms with Gasteiger partial charge in [-0.15, -0.1) is 0 Å². The summed E-state index contributed by atoms with van der Waals surface area (Å²) in [5.41, 5.74) is 0.312. The zero-order valence-electron chi connectivity index (χ0n) is 15.5. The molecule has 3 rings (SSSR count). The summed E-state index contributed by atoms with van der Waals surface area (Å²) in [5, 5.41) is 15.6. The summed E-state index contributed by atoms with van der Waals surface area (Å²) in [4.78, 5) is 33.2. The zero-order valence-corrected chi connectivity index (χ0v) is 17.1. The van der Waals surface area contributed by atoms with Crippen LogP contribution in [0.15, 0.2) is 40.5 Å². The smallest absolute Gasteiger partial charge is 0.347 e. The number of thiazole rings is 1. The normalized spacial score (nSPS) is 15.3. The minimum absolute atomic E-state index is 0.0153. The minimum atomic E-state index is -3.38. The number of aromatic nitrogens is 1. The Hall–Kier alpha value is -2.79. The van der Waals surface area contributed by atoms with Gasteiger partial charge in [0.2, 0.25) is 0 Å². The van der Waals surface area contributed by atoms with Gasteiger partial charge in [0, 0.05) is 11.8 Å². The van der Waals surface area contributed by atoms with Gasteiger partial charge in [-0.3, -0.25) is 10.1 Å². The van der Waals surface area contributed by atoms with Gasteiger partial charge in [-0.05, 0) is 37.8 Å². The van der Waals surface area contributed by atoms with Gasteiger partial charge in [-0.1, -0.05) is 28.6 Å². The first kappa shape index (κ1) is 20.9. The van der Waals surface area contributed by atoms with Gasteiger partial charge in [0.05, 0.1) is 11.1 Å². The molecular weight excluding hydrogens is 418 g/mol. The van der Waals surface area contributed by atoms with E-state index in [1.54, 1.807) is 0 Å². The van der Waals surface area contributed by atoms with Crippen molar-refractivity contribution in [3.05, 3.63) is 40.9 Å². The first-order chi connectivity index (χ1) is 13.7. The first-order valence-corrected chi connectivity index (χ1v) is 11.5. The van der Waals surface area contributed by atoms with Crippen LogP contribution in [-0.4, -0.2) is 48.5 Å². The SMILES string of the molecule is CS(=O)(=O)c1ccc(/C(=N\OC2CCCC2)C(=O)Nc2ncc(C(=O)O)s2)cc1. The predicted octanol–water partition coefficient (Wildman–Crippen LogP) is 2.55. The number of nitrogens with one attached hydrogen (secondary N) is 1. The molecule has 1 amide bonds. The van der Waals surface area contributed by atoms with Gasteiger partial charge in [0.25, 0.3) is 5.91 Å². The van der Waals surface area contributed by atoms with Crippen molar-refractivity contribution in [1.29, 1.82) is 0 Å². The summed E-state index contributed by atoms with van der Waals surface area (Å²) in [6, 6.07) is 5.71. The van der Waals surface area contributed by atoms with E-state index in [0.29, 0.717) is 5.56 Å². The molecule has 9 nitrogen and oxygen atoms in total. The Labute approximate surface area is 171 Å². The second kappa shape index (κ2) is 8.70. The van der Waals surface area contributed by atoms with Gasteiger partial charge in [-0.25, -0.2) is 18.2 Å². The van der Waals surface area contributed by atoms with E-state index in [0.717, 1.165) is 49.5 Å². The number of aromatic carboxylic acids is 1. The lowest BCUT2D eigenvalue weighted by atomic mass is 10.1. The molecule has 29 heavy (non-hydrogen) atoms. The molecule has 0 atom stereocenters. The number of hydrogen-bond donors (Lipinski definition) is 2. The number of rotatable bonds is 7. The van der Waals surface area contributed by atoms with Crippen molar-refractivity contribution in [2.75, 3.05) is 11.6 Å². The highest BCUT2D eigenvalue weighted by Gasteiger charge is 2.21. The molecule has 1 aromatic carbocycles. The zero-order chi connectivity index (χ0) is 21.0. The second-order valence-corrected chi connectivity index (χ2v) is 9.58. The molecule has 0 spiro atoms. The number of amides is 1. The van der Waals surface area contributed by atoms with Crippen LogP contribution in [0.3, 0.4) is 0 Å². The minimum Gasteiger partial charge on any atom is -0.477 e. The van der Waals surface area contributed by atoms with Crippen molar-refractivity contribution in [1.82, 2.24) is 4.98 Å². The molecule has 0 saturated heterocycles. The molecule has 0 aliphatic heterocycles. The number of carbonyl (C=O) groups is 2. The van der Waals surface area contributed by atoms with E-state index >= 15 is 0 Å². The molecule has 11 heteroatoms. The third-order valence-corrected chi connectivity index (χ3v) is 6.33. The maximum Gasteiger partial charge on any atom is 0.347 e. The largest absolute Gasteiger partial charge is 0.477 e. The van der Waals surface area contributed by atoms with Crippen molar-refractivity contribution in [2.24, 2.45) is 5.16 Å². The average Bonchev–Trinajstić information content (AvgIpc) is 3.33. The highest BCUT2D eigenvalue weighted by atomic mass is 32.2. The maximum absolute atomic E-state index is 12.8. The number of nitrogens with zero attached hydrogens (tertiary/aromatic N) is 2. The Balaban J connectivity index is 1.86. The van der Waals surface area contributed by atoms with E-state index in [1.807, 2.05) is 0 Å². The Morgan fingerprint density at radius 2 is 1.90 bits per heavy atom. The molecule has 1 aliphatic rings. The van der Waals surface area contributed by atoms with E-state index in [-0.39, 0.29) is 26.7 Å². The summed E-state index contributed by atoms with van der Waals surface area (Å²) < 4.78 is 23.3. The van der Waals surface area contributed by atoms with Crippen molar-refractivity contribution < 1.29 is 28.0 Å². The van der Waals surface area contributed by atoms with Crippen molar-refractivity contribution >= 4 is 43.9 Å². The van der Waals surface area contributed by atoms with Gasteiger partial charge in [0.1, 0.15) is 11.0 Å². The Morgan fingerprint density at radius 3 is 2.45 bits per heavy atom. The quantitative estimate of drug-likeness (QED) is 0.502. The number of carbonyl (C=O) groups excluding carboxylic acids is 1. The standard InChI is InChI=1S/C18H19N3O6S2/c1-29(25,26)13-8-6-11(7-9-13)15(21-27-12-4-2-3-5-12)16(22)20-18-19-10-14(28-18)17(23)24/h6-10,12H,2-5H2,1H3,(H,23,24)(H,19,20,22)/b21-15+. The van der Waals surface area contributed by atoms with Crippen molar-refractivity contribution in [2.45, 2.75) is 36.7 Å². The molecule has 1 saturated carbocycles. The van der Waals surface area contributed by atoms with Crippen LogP contribution in [0.2, 0.25) is 0 Å². The van der Waals surface area contributed by atoms with Gasteiger partial charge in [-0.2, -0.15) is 0 Å². The van der Waals surface area contributed by atoms with Crippen molar-refractivity contribution in [3.8, 4) is 0 Å². The van der Waals surface area contributed by atoms with E-state index in [1.165, 1.54) is 24.3 Å². The molecule has 1 fully saturated rings. The van der Waals surface area contributed by atoms with Crippen molar-refractivity contribution in [3.63, 3.8) is 0 Å². The Kier molecular flexibility index (Phi) is 6.28. The number of hydrogen-bond acceptors (Lipinski definition) is 8. The van der Waals surface area contributed by atoms with E-state index in [4.69, 9.17) is 9.94 Å². The highest BCUT2D eigenvalue weighted by Crippen LogP contribution is 2.22. The van der Waals surface area contributed by atoms with E-state index < -0.39 is 21.7 Å². The van der Waals surface area contributed by atoms with E-state index in [2.05, 4.69) is 15.5 Å². The molecule has 1 aromatic heterocycles. The summed E-state index contributed by atoms with van der Waals surface area (Å²) in [7, 11) is -3.38. The van der Waals surface area contributed by atoms with Crippen LogP contribution < -0.4 is 5.32 Å². The fourth-order valence-corrected chi connectivity index (χ4v) is 4.07. The van der Waals surface area contributed by atoms with Crippen LogP contribution in [0.25, 0.3) is 0 Å². The number of oxime groups is 1. The summed E-state index contributed by atoms with van der Waals surface area (Å²) in [6.45, 7) is 0. The van der Waals surface area contributed by atoms with E-state index in [9.17, 15) is 18.0 Å². The summed E-state index contributed by atoms with van der Waals surface area (Å²) in [5.74, 6) is -1.78. The summed E-state index contributed by atoms with van der Waals surface area (Å²) in [6.07, 6.45) is 5.92. The van der Waals surface area contributed by atoms with Gasteiger partial charge in [0.15, 0.2) is 20.7 Å². The molecule has 2 aromatic rings. The number of sulfone groups is 1. The third kappa shape index (κ3) is 5.39. The lowest BCUT2D eigenvalue weighted by Crippen LogP contribution is -2.25.